The van der Waals surface area contributed by atoms with Crippen LogP contribution >= 0.6 is 0 Å². The molecule has 0 aliphatic rings. The van der Waals surface area contributed by atoms with Gasteiger partial charge >= 0.3 is 0 Å². The van der Waals surface area contributed by atoms with Crippen LogP contribution < -0.4 is 0 Å². The molecule has 81 heavy (non-hydrogen) atoms. The third-order valence-electron chi connectivity index (χ3n) is 16.3. The highest BCUT2D eigenvalue weighted by Gasteiger charge is 2.22. The van der Waals surface area contributed by atoms with Crippen LogP contribution in [0.4, 0.5) is 0 Å². The van der Waals surface area contributed by atoms with Crippen molar-refractivity contribution < 1.29 is 15.4 Å². The third-order valence-corrected chi connectivity index (χ3v) is 16.3. The summed E-state index contributed by atoms with van der Waals surface area (Å²) in [4.78, 5) is 0. The maximum Gasteiger partial charge on any atom is 0.143 e. The van der Waals surface area contributed by atoms with Crippen LogP contribution in [0.15, 0.2) is 308 Å². The highest BCUT2D eigenvalue weighted by Crippen LogP contribution is 2.49. The van der Waals surface area contributed by atoms with Gasteiger partial charge in [-0.1, -0.05) is 279 Å². The Bertz CT molecular complexity index is 5710. The molecule has 0 amide bonds. The molecular weight excluding hydrogens is 977 g/mol. The zero-order valence-corrected chi connectivity index (χ0v) is 43.7. The summed E-state index contributed by atoms with van der Waals surface area (Å²) < 4.78 is 78.1. The van der Waals surface area contributed by atoms with Crippen molar-refractivity contribution in [2.75, 3.05) is 0 Å². The SMILES string of the molecule is [2H]c1c([2H])c([2H])c2c(-c3cccc4ccccc34)c3c([2H])c([2H])c([2H])c([2H])c3c(-c3ccc(-c4ccc5ccccc5c4)cc3)c2c1[2H].c1ccc2cc(-c3c4ccccc4c(-c4cccc5oc6c7ccccc7ccc6c45)c4ccccc34)ccc2c1. The zero-order chi connectivity index (χ0) is 60.3. The maximum atomic E-state index is 9.21. The molecule has 0 aliphatic carbocycles. The van der Waals surface area contributed by atoms with Crippen LogP contribution in [-0.2, 0) is 0 Å². The molecule has 0 aliphatic heterocycles. The van der Waals surface area contributed by atoms with E-state index in [9.17, 15) is 5.48 Å². The minimum atomic E-state index is -0.411. The first-order valence-corrected chi connectivity index (χ1v) is 27.3. The van der Waals surface area contributed by atoms with E-state index in [0.29, 0.717) is 22.3 Å². The van der Waals surface area contributed by atoms with Gasteiger partial charge in [0.25, 0.3) is 0 Å². The predicted octanol–water partition coefficient (Wildman–Crippen LogP) is 22.8. The van der Waals surface area contributed by atoms with E-state index in [-0.39, 0.29) is 45.7 Å². The number of rotatable bonds is 5. The summed E-state index contributed by atoms with van der Waals surface area (Å²) in [5.41, 5.74) is 10.7. The lowest BCUT2D eigenvalue weighted by Gasteiger charge is -2.19. The van der Waals surface area contributed by atoms with Crippen molar-refractivity contribution in [1.82, 2.24) is 0 Å². The third kappa shape index (κ3) is 7.70. The average molecular weight is 1040 g/mol. The van der Waals surface area contributed by atoms with Gasteiger partial charge < -0.3 is 4.42 Å². The molecule has 0 radical (unpaired) electrons. The first-order chi connectivity index (χ1) is 43.5. The highest BCUT2D eigenvalue weighted by atomic mass is 16.3. The van der Waals surface area contributed by atoms with Crippen molar-refractivity contribution in [3.05, 3.63) is 303 Å². The minimum Gasteiger partial charge on any atom is -0.455 e. The van der Waals surface area contributed by atoms with Crippen LogP contribution in [0.25, 0.3) is 164 Å². The second kappa shape index (κ2) is 19.1. The van der Waals surface area contributed by atoms with E-state index < -0.39 is 24.2 Å². The molecule has 0 saturated heterocycles. The Hall–Kier alpha value is -10.6. The van der Waals surface area contributed by atoms with Gasteiger partial charge in [-0.25, -0.2) is 0 Å². The van der Waals surface area contributed by atoms with Crippen LogP contribution in [0, 0.1) is 0 Å². The standard InChI is InChI=1S/C40H24O.C40H26/c1-2-12-27-24-28(21-20-25(27)10-1)37-30-14-5-7-16-32(30)38(33-17-8-6-15-31(33)37)34-18-9-19-36-39(34)35-23-22-26-11-3-4-13-29(26)40(35)41-36;1-2-12-31-26-32(25-22-27(31)10-1)28-20-23-30(24-21-28)39-35-15-5-7-17-37(35)40(38-18-8-6-16-36(38)39)34-19-9-13-29-11-3-4-14-33(29)34/h1-24H;1-26H/i;5D,6D,7D,8D,15D,16D,17D,18D. The van der Waals surface area contributed by atoms with Gasteiger partial charge in [0.05, 0.1) is 11.0 Å². The Morgan fingerprint density at radius 3 is 1.25 bits per heavy atom. The summed E-state index contributed by atoms with van der Waals surface area (Å²) in [7, 11) is 0. The molecule has 0 bridgehead atoms. The van der Waals surface area contributed by atoms with Crippen LogP contribution in [-0.4, -0.2) is 0 Å². The molecule has 0 unspecified atom stereocenters. The number of furan rings is 1. The summed E-state index contributed by atoms with van der Waals surface area (Å²) in [6.45, 7) is 0. The van der Waals surface area contributed by atoms with Crippen LogP contribution in [0.1, 0.15) is 11.0 Å². The molecule has 1 nitrogen and oxygen atoms in total. The molecule has 16 aromatic carbocycles. The van der Waals surface area contributed by atoms with Crippen molar-refractivity contribution in [3.8, 4) is 55.6 Å². The van der Waals surface area contributed by atoms with E-state index in [4.69, 9.17) is 9.90 Å². The molecule has 0 spiro atoms. The largest absolute Gasteiger partial charge is 0.455 e. The number of hydrogen-bond donors (Lipinski definition) is 0. The second-order valence-electron chi connectivity index (χ2n) is 20.8. The molecule has 0 saturated carbocycles. The van der Waals surface area contributed by atoms with Gasteiger partial charge in [-0.05, 0) is 161 Å². The van der Waals surface area contributed by atoms with Gasteiger partial charge in [-0.15, -0.1) is 0 Å². The van der Waals surface area contributed by atoms with Crippen LogP contribution in [0.2, 0.25) is 0 Å². The van der Waals surface area contributed by atoms with E-state index in [0.717, 1.165) is 54.6 Å². The summed E-state index contributed by atoms with van der Waals surface area (Å²) >= 11 is 0. The number of hydrogen-bond acceptors (Lipinski definition) is 1. The summed E-state index contributed by atoms with van der Waals surface area (Å²) in [5, 5.41) is 16.9. The monoisotopic (exact) mass is 1030 g/mol. The van der Waals surface area contributed by atoms with Crippen LogP contribution in [0.3, 0.4) is 0 Å². The molecule has 17 rings (SSSR count). The Labute approximate surface area is 480 Å². The molecule has 0 N–H and O–H groups in total. The lowest BCUT2D eigenvalue weighted by Crippen LogP contribution is -1.91. The van der Waals surface area contributed by atoms with Gasteiger partial charge in [0, 0.05) is 16.2 Å². The zero-order valence-electron chi connectivity index (χ0n) is 51.7. The van der Waals surface area contributed by atoms with Crippen molar-refractivity contribution in [2.24, 2.45) is 0 Å². The van der Waals surface area contributed by atoms with Gasteiger partial charge in [-0.3, -0.25) is 0 Å². The molecule has 1 heterocycles. The first-order valence-electron chi connectivity index (χ1n) is 31.3. The summed E-state index contributed by atoms with van der Waals surface area (Å²) in [6, 6.07) is 85.1. The first kappa shape index (κ1) is 38.9. The molecule has 376 valence electrons. The Kier molecular flexibility index (Phi) is 9.16. The predicted molar refractivity (Wildman–Crippen MR) is 347 cm³/mol. The van der Waals surface area contributed by atoms with E-state index in [2.05, 4.69) is 170 Å². The van der Waals surface area contributed by atoms with Crippen LogP contribution in [0.5, 0.6) is 0 Å². The second-order valence-corrected chi connectivity index (χ2v) is 20.8. The van der Waals surface area contributed by atoms with E-state index in [1.54, 1.807) is 0 Å². The van der Waals surface area contributed by atoms with E-state index in [1.807, 2.05) is 84.9 Å². The summed E-state index contributed by atoms with van der Waals surface area (Å²) in [6.07, 6.45) is 0. The molecule has 0 fully saturated rings. The van der Waals surface area contributed by atoms with Gasteiger partial charge in [0.1, 0.15) is 11.2 Å². The smallest absolute Gasteiger partial charge is 0.143 e. The van der Waals surface area contributed by atoms with Crippen molar-refractivity contribution in [3.63, 3.8) is 0 Å². The van der Waals surface area contributed by atoms with Gasteiger partial charge in [0.2, 0.25) is 0 Å². The van der Waals surface area contributed by atoms with Crippen molar-refractivity contribution in [1.29, 1.82) is 0 Å². The minimum absolute atomic E-state index is 0.208. The number of benzene rings is 16. The summed E-state index contributed by atoms with van der Waals surface area (Å²) in [5.74, 6) is 0. The fourth-order valence-electron chi connectivity index (χ4n) is 12.7. The Balaban J connectivity index is 0.000000145. The fourth-order valence-corrected chi connectivity index (χ4v) is 12.7. The topological polar surface area (TPSA) is 13.1 Å². The molecular formula is C80H50O. The highest BCUT2D eigenvalue weighted by molar-refractivity contribution is 6.28. The lowest BCUT2D eigenvalue weighted by molar-refractivity contribution is 0.673. The van der Waals surface area contributed by atoms with E-state index in [1.165, 1.54) is 65.3 Å². The van der Waals surface area contributed by atoms with Crippen molar-refractivity contribution in [2.45, 2.75) is 0 Å². The average Bonchev–Trinajstić information content (AvgIpc) is 1.00. The van der Waals surface area contributed by atoms with Crippen molar-refractivity contribution >= 4 is 108 Å². The molecule has 17 aromatic rings. The number of fused-ring (bicyclic) bond motifs is 12. The molecule has 1 heteroatoms. The Morgan fingerprint density at radius 2 is 0.630 bits per heavy atom. The quantitative estimate of drug-likeness (QED) is 0.157. The van der Waals surface area contributed by atoms with E-state index >= 15 is 0 Å². The normalized spacial score (nSPS) is 13.1. The maximum absolute atomic E-state index is 9.21. The van der Waals surface area contributed by atoms with Gasteiger partial charge in [-0.2, -0.15) is 0 Å². The molecule has 1 aromatic heterocycles. The Morgan fingerprint density at radius 1 is 0.235 bits per heavy atom. The lowest BCUT2D eigenvalue weighted by atomic mass is 9.84. The fraction of sp³-hybridized carbons (Fsp3) is 0. The van der Waals surface area contributed by atoms with Gasteiger partial charge in [0.15, 0.2) is 0 Å². The molecule has 0 atom stereocenters.